The van der Waals surface area contributed by atoms with Crippen molar-refractivity contribution in [2.45, 2.75) is 32.2 Å². The van der Waals surface area contributed by atoms with Crippen LogP contribution >= 0.6 is 12.6 Å². The maximum absolute atomic E-state index is 10.3. The van der Waals surface area contributed by atoms with Crippen LogP contribution in [0.4, 0.5) is 0 Å². The van der Waals surface area contributed by atoms with E-state index in [1.807, 2.05) is 13.8 Å². The monoisotopic (exact) mass is 191 g/mol. The SMILES string of the molecule is CCC(CC)(CS)NCC(=O)O. The summed E-state index contributed by atoms with van der Waals surface area (Å²) >= 11 is 4.21. The average molecular weight is 191 g/mol. The Bertz CT molecular complexity index is 138. The molecule has 0 bridgehead atoms. The van der Waals surface area contributed by atoms with Crippen molar-refractivity contribution in [2.24, 2.45) is 0 Å². The third-order valence-corrected chi connectivity index (χ3v) is 2.88. The number of rotatable bonds is 6. The molecule has 0 heterocycles. The van der Waals surface area contributed by atoms with E-state index in [2.05, 4.69) is 17.9 Å². The van der Waals surface area contributed by atoms with Gasteiger partial charge in [0.05, 0.1) is 6.54 Å². The molecule has 72 valence electrons. The summed E-state index contributed by atoms with van der Waals surface area (Å²) in [7, 11) is 0. The van der Waals surface area contributed by atoms with Crippen molar-refractivity contribution in [1.29, 1.82) is 0 Å². The van der Waals surface area contributed by atoms with E-state index in [1.165, 1.54) is 0 Å². The molecule has 0 aliphatic heterocycles. The number of aliphatic carboxylic acids is 1. The van der Waals surface area contributed by atoms with E-state index in [0.29, 0.717) is 5.75 Å². The lowest BCUT2D eigenvalue weighted by molar-refractivity contribution is -0.136. The van der Waals surface area contributed by atoms with Crippen molar-refractivity contribution >= 4 is 18.6 Å². The molecule has 0 aliphatic carbocycles. The summed E-state index contributed by atoms with van der Waals surface area (Å²) in [5, 5.41) is 11.5. The third kappa shape index (κ3) is 3.45. The largest absolute Gasteiger partial charge is 0.480 e. The predicted octanol–water partition coefficient (Wildman–Crippen LogP) is 1.15. The summed E-state index contributed by atoms with van der Waals surface area (Å²) in [6.07, 6.45) is 1.81. The van der Waals surface area contributed by atoms with Crippen LogP contribution in [0.1, 0.15) is 26.7 Å². The fourth-order valence-electron chi connectivity index (χ4n) is 1.04. The summed E-state index contributed by atoms with van der Waals surface area (Å²) < 4.78 is 0. The Morgan fingerprint density at radius 2 is 2.00 bits per heavy atom. The molecule has 0 rings (SSSR count). The van der Waals surface area contributed by atoms with Gasteiger partial charge in [-0.15, -0.1) is 0 Å². The first kappa shape index (κ1) is 11.8. The van der Waals surface area contributed by atoms with Gasteiger partial charge in [-0.2, -0.15) is 12.6 Å². The van der Waals surface area contributed by atoms with Crippen LogP contribution in [0, 0.1) is 0 Å². The van der Waals surface area contributed by atoms with Crippen molar-refractivity contribution in [3.8, 4) is 0 Å². The molecular weight excluding hydrogens is 174 g/mol. The van der Waals surface area contributed by atoms with E-state index in [4.69, 9.17) is 5.11 Å². The van der Waals surface area contributed by atoms with Gasteiger partial charge in [0.2, 0.25) is 0 Å². The third-order valence-electron chi connectivity index (χ3n) is 2.27. The minimum atomic E-state index is -0.817. The second kappa shape index (κ2) is 5.43. The van der Waals surface area contributed by atoms with E-state index in [-0.39, 0.29) is 12.1 Å². The first-order chi connectivity index (χ1) is 5.60. The lowest BCUT2D eigenvalue weighted by Crippen LogP contribution is -2.48. The minimum absolute atomic E-state index is 0.0161. The Morgan fingerprint density at radius 3 is 2.25 bits per heavy atom. The smallest absolute Gasteiger partial charge is 0.317 e. The fourth-order valence-corrected chi connectivity index (χ4v) is 1.60. The van der Waals surface area contributed by atoms with E-state index in [0.717, 1.165) is 12.8 Å². The maximum Gasteiger partial charge on any atom is 0.317 e. The lowest BCUT2D eigenvalue weighted by atomic mass is 9.95. The topological polar surface area (TPSA) is 49.3 Å². The molecule has 4 heteroatoms. The van der Waals surface area contributed by atoms with Gasteiger partial charge in [0.1, 0.15) is 0 Å². The maximum atomic E-state index is 10.3. The molecule has 0 saturated heterocycles. The van der Waals surface area contributed by atoms with Crippen LogP contribution in [0.5, 0.6) is 0 Å². The standard InChI is InChI=1S/C8H17NO2S/c1-3-8(4-2,6-12)9-5-7(10)11/h9,12H,3-6H2,1-2H3,(H,10,11). The van der Waals surface area contributed by atoms with Gasteiger partial charge in [-0.1, -0.05) is 13.8 Å². The molecule has 0 aromatic rings. The van der Waals surface area contributed by atoms with Gasteiger partial charge >= 0.3 is 5.97 Å². The van der Waals surface area contributed by atoms with Gasteiger partial charge in [0, 0.05) is 11.3 Å². The Morgan fingerprint density at radius 1 is 1.50 bits per heavy atom. The van der Waals surface area contributed by atoms with Gasteiger partial charge in [0.25, 0.3) is 0 Å². The number of carboxylic acid groups (broad SMARTS) is 1. The van der Waals surface area contributed by atoms with Gasteiger partial charge in [-0.3, -0.25) is 4.79 Å². The summed E-state index contributed by atoms with van der Waals surface area (Å²) in [6.45, 7) is 4.09. The van der Waals surface area contributed by atoms with E-state index < -0.39 is 5.97 Å². The zero-order valence-electron chi connectivity index (χ0n) is 7.63. The van der Waals surface area contributed by atoms with Crippen LogP contribution in [0.15, 0.2) is 0 Å². The van der Waals surface area contributed by atoms with Crippen LogP contribution in [-0.2, 0) is 4.79 Å². The summed E-state index contributed by atoms with van der Waals surface area (Å²) in [6, 6.07) is 0. The number of hydrogen-bond acceptors (Lipinski definition) is 3. The fraction of sp³-hybridized carbons (Fsp3) is 0.875. The number of carboxylic acids is 1. The highest BCUT2D eigenvalue weighted by atomic mass is 32.1. The highest BCUT2D eigenvalue weighted by Gasteiger charge is 2.23. The zero-order valence-corrected chi connectivity index (χ0v) is 8.53. The molecule has 0 spiro atoms. The Kier molecular flexibility index (Phi) is 5.33. The molecule has 12 heavy (non-hydrogen) atoms. The van der Waals surface area contributed by atoms with Crippen molar-refractivity contribution in [3.63, 3.8) is 0 Å². The predicted molar refractivity (Wildman–Crippen MR) is 52.8 cm³/mol. The molecule has 0 amide bonds. The van der Waals surface area contributed by atoms with E-state index >= 15 is 0 Å². The second-order valence-electron chi connectivity index (χ2n) is 2.89. The van der Waals surface area contributed by atoms with E-state index in [9.17, 15) is 4.79 Å². The molecule has 0 aromatic carbocycles. The zero-order chi connectivity index (χ0) is 9.61. The van der Waals surface area contributed by atoms with Crippen LogP contribution < -0.4 is 5.32 Å². The summed E-state index contributed by atoms with van der Waals surface area (Å²) in [5.74, 6) is -0.143. The van der Waals surface area contributed by atoms with Gasteiger partial charge < -0.3 is 10.4 Å². The molecule has 0 fully saturated rings. The van der Waals surface area contributed by atoms with E-state index in [1.54, 1.807) is 0 Å². The minimum Gasteiger partial charge on any atom is -0.480 e. The van der Waals surface area contributed by atoms with Crippen LogP contribution in [0.25, 0.3) is 0 Å². The second-order valence-corrected chi connectivity index (χ2v) is 3.21. The van der Waals surface area contributed by atoms with Crippen molar-refractivity contribution < 1.29 is 9.90 Å². The van der Waals surface area contributed by atoms with Crippen molar-refractivity contribution in [2.75, 3.05) is 12.3 Å². The molecular formula is C8H17NO2S. The van der Waals surface area contributed by atoms with Crippen LogP contribution in [0.3, 0.4) is 0 Å². The molecule has 2 N–H and O–H groups in total. The van der Waals surface area contributed by atoms with Gasteiger partial charge in [-0.25, -0.2) is 0 Å². The average Bonchev–Trinajstić information content (AvgIpc) is 2.08. The Labute approximate surface area is 79.0 Å². The Balaban J connectivity index is 4.01. The van der Waals surface area contributed by atoms with Gasteiger partial charge in [-0.05, 0) is 12.8 Å². The molecule has 0 aromatic heterocycles. The molecule has 0 saturated carbocycles. The molecule has 0 atom stereocenters. The number of hydrogen-bond donors (Lipinski definition) is 3. The van der Waals surface area contributed by atoms with Crippen molar-refractivity contribution in [1.82, 2.24) is 5.32 Å². The van der Waals surface area contributed by atoms with Crippen molar-refractivity contribution in [3.05, 3.63) is 0 Å². The number of nitrogens with one attached hydrogen (secondary N) is 1. The van der Waals surface area contributed by atoms with Crippen LogP contribution in [-0.4, -0.2) is 28.9 Å². The van der Waals surface area contributed by atoms with Crippen LogP contribution in [0.2, 0.25) is 0 Å². The highest BCUT2D eigenvalue weighted by molar-refractivity contribution is 7.80. The normalized spacial score (nSPS) is 11.6. The summed E-state index contributed by atoms with van der Waals surface area (Å²) in [4.78, 5) is 10.3. The van der Waals surface area contributed by atoms with Gasteiger partial charge in [0.15, 0.2) is 0 Å². The quantitative estimate of drug-likeness (QED) is 0.552. The summed E-state index contributed by atoms with van der Waals surface area (Å²) in [5.41, 5.74) is -0.110. The molecule has 0 aliphatic rings. The molecule has 0 unspecified atom stereocenters. The highest BCUT2D eigenvalue weighted by Crippen LogP contribution is 2.15. The molecule has 3 nitrogen and oxygen atoms in total. The Hall–Kier alpha value is -0.220. The molecule has 0 radical (unpaired) electrons. The first-order valence-electron chi connectivity index (χ1n) is 4.18. The lowest BCUT2D eigenvalue weighted by Gasteiger charge is -2.30. The first-order valence-corrected chi connectivity index (χ1v) is 4.81. The number of thiol groups is 1. The number of carbonyl (C=O) groups is 1.